The van der Waals surface area contributed by atoms with Crippen LogP contribution in [0.4, 0.5) is 4.39 Å². The van der Waals surface area contributed by atoms with Crippen molar-refractivity contribution in [1.82, 2.24) is 0 Å². The zero-order chi connectivity index (χ0) is 12.4. The van der Waals surface area contributed by atoms with E-state index in [0.717, 1.165) is 19.3 Å². The molecule has 0 saturated heterocycles. The summed E-state index contributed by atoms with van der Waals surface area (Å²) >= 11 is 0. The lowest BCUT2D eigenvalue weighted by atomic mass is 9.90. The van der Waals surface area contributed by atoms with Crippen LogP contribution in [0, 0.1) is 5.92 Å². The second-order valence-electron chi connectivity index (χ2n) is 4.19. The van der Waals surface area contributed by atoms with Crippen LogP contribution in [0.5, 0.6) is 0 Å². The quantitative estimate of drug-likeness (QED) is 0.373. The number of hydrogen-bond donors (Lipinski definition) is 0. The summed E-state index contributed by atoms with van der Waals surface area (Å²) in [5.41, 5.74) is 1.27. The average Bonchev–Trinajstić information content (AvgIpc) is 2.27. The molecule has 0 N–H and O–H groups in total. The van der Waals surface area contributed by atoms with Crippen LogP contribution in [0.25, 0.3) is 0 Å². The molecule has 0 aliphatic heterocycles. The highest BCUT2D eigenvalue weighted by Gasteiger charge is 2.08. The molecule has 0 aromatic rings. The highest BCUT2D eigenvalue weighted by Crippen LogP contribution is 2.23. The van der Waals surface area contributed by atoms with Crippen molar-refractivity contribution in [1.29, 1.82) is 0 Å². The van der Waals surface area contributed by atoms with E-state index in [1.165, 1.54) is 24.5 Å². The van der Waals surface area contributed by atoms with Crippen molar-refractivity contribution in [3.8, 4) is 0 Å². The smallest absolute Gasteiger partial charge is 0.118 e. The minimum absolute atomic E-state index is 0.135. The minimum Gasteiger partial charge on any atom is -0.207 e. The van der Waals surface area contributed by atoms with E-state index in [4.69, 9.17) is 0 Å². The number of allylic oxidation sites excluding steroid dienone is 5. The first-order chi connectivity index (χ1) is 7.65. The molecule has 16 heavy (non-hydrogen) atoms. The Hall–Kier alpha value is -0.850. The summed E-state index contributed by atoms with van der Waals surface area (Å²) < 4.78 is 13.2. The zero-order valence-corrected chi connectivity index (χ0v) is 10.9. The Balaban J connectivity index is 4.19. The van der Waals surface area contributed by atoms with E-state index in [0.29, 0.717) is 5.92 Å². The predicted octanol–water partition coefficient (Wildman–Crippen LogP) is 5.58. The summed E-state index contributed by atoms with van der Waals surface area (Å²) in [6.07, 6.45) is 10.2. The molecule has 0 heterocycles. The Morgan fingerprint density at radius 1 is 1.38 bits per heavy atom. The van der Waals surface area contributed by atoms with E-state index >= 15 is 0 Å². The Morgan fingerprint density at radius 3 is 2.56 bits per heavy atom. The molecule has 0 saturated carbocycles. The molecule has 0 nitrogen and oxygen atoms in total. The molecule has 0 aliphatic carbocycles. The normalized spacial score (nSPS) is 14.4. The molecular formula is C15H25F. The van der Waals surface area contributed by atoms with E-state index in [-0.39, 0.29) is 5.83 Å². The molecule has 1 unspecified atom stereocenters. The SMILES string of the molecule is C=C(CCCC)C(CC)C/C=C(F)\C=C/C. The second-order valence-corrected chi connectivity index (χ2v) is 4.19. The topological polar surface area (TPSA) is 0 Å². The van der Waals surface area contributed by atoms with E-state index in [1.807, 2.05) is 6.92 Å². The number of hydrogen-bond acceptors (Lipinski definition) is 0. The average molecular weight is 224 g/mol. The molecule has 0 radical (unpaired) electrons. The fraction of sp³-hybridized carbons (Fsp3) is 0.600. The zero-order valence-electron chi connectivity index (χ0n) is 10.9. The van der Waals surface area contributed by atoms with Gasteiger partial charge in [-0.15, -0.1) is 0 Å². The maximum absolute atomic E-state index is 13.2. The molecule has 0 aliphatic rings. The standard InChI is InChI=1S/C15H25F/c1-5-8-10-13(4)14(7-3)11-12-15(16)9-6-2/h6,9,12,14H,4-5,7-8,10-11H2,1-3H3/b9-6-,15-12+. The molecule has 0 rings (SSSR count). The van der Waals surface area contributed by atoms with Crippen molar-refractivity contribution in [3.63, 3.8) is 0 Å². The van der Waals surface area contributed by atoms with Gasteiger partial charge in [0.05, 0.1) is 0 Å². The summed E-state index contributed by atoms with van der Waals surface area (Å²) in [6.45, 7) is 10.3. The van der Waals surface area contributed by atoms with Crippen LogP contribution in [-0.4, -0.2) is 0 Å². The highest BCUT2D eigenvalue weighted by molar-refractivity contribution is 5.12. The van der Waals surface area contributed by atoms with Gasteiger partial charge >= 0.3 is 0 Å². The second kappa shape index (κ2) is 9.38. The lowest BCUT2D eigenvalue weighted by Crippen LogP contribution is -2.01. The van der Waals surface area contributed by atoms with Crippen molar-refractivity contribution in [3.05, 3.63) is 36.2 Å². The van der Waals surface area contributed by atoms with E-state index in [9.17, 15) is 4.39 Å². The molecule has 0 fully saturated rings. The predicted molar refractivity (Wildman–Crippen MR) is 71.1 cm³/mol. The van der Waals surface area contributed by atoms with Crippen LogP contribution in [0.1, 0.15) is 52.9 Å². The fourth-order valence-corrected chi connectivity index (χ4v) is 1.71. The van der Waals surface area contributed by atoms with Gasteiger partial charge in [0.25, 0.3) is 0 Å². The summed E-state index contributed by atoms with van der Waals surface area (Å²) in [4.78, 5) is 0. The number of rotatable bonds is 8. The highest BCUT2D eigenvalue weighted by atomic mass is 19.1. The van der Waals surface area contributed by atoms with Crippen molar-refractivity contribution < 1.29 is 4.39 Å². The molecule has 1 atom stereocenters. The molecule has 0 amide bonds. The largest absolute Gasteiger partial charge is 0.207 e. The van der Waals surface area contributed by atoms with Gasteiger partial charge in [-0.1, -0.05) is 38.5 Å². The fourth-order valence-electron chi connectivity index (χ4n) is 1.71. The Kier molecular flexibility index (Phi) is 8.88. The van der Waals surface area contributed by atoms with Crippen molar-refractivity contribution >= 4 is 0 Å². The van der Waals surface area contributed by atoms with Crippen molar-refractivity contribution in [2.75, 3.05) is 0 Å². The van der Waals surface area contributed by atoms with Crippen LogP contribution in [0.3, 0.4) is 0 Å². The number of unbranched alkanes of at least 4 members (excludes halogenated alkanes) is 1. The molecular weight excluding hydrogens is 199 g/mol. The Labute approximate surface area is 99.9 Å². The van der Waals surface area contributed by atoms with Crippen LogP contribution in [-0.2, 0) is 0 Å². The van der Waals surface area contributed by atoms with Crippen molar-refractivity contribution in [2.45, 2.75) is 52.9 Å². The molecule has 0 bridgehead atoms. The monoisotopic (exact) mass is 224 g/mol. The molecule has 1 heteroatoms. The van der Waals surface area contributed by atoms with Gasteiger partial charge in [0.1, 0.15) is 5.83 Å². The molecule has 0 spiro atoms. The summed E-state index contributed by atoms with van der Waals surface area (Å²) in [5, 5.41) is 0. The van der Waals surface area contributed by atoms with Gasteiger partial charge in [-0.3, -0.25) is 0 Å². The first kappa shape index (κ1) is 15.2. The maximum Gasteiger partial charge on any atom is 0.118 e. The van der Waals surface area contributed by atoms with Gasteiger partial charge in [-0.05, 0) is 50.7 Å². The van der Waals surface area contributed by atoms with Crippen LogP contribution in [0.15, 0.2) is 36.2 Å². The van der Waals surface area contributed by atoms with Crippen LogP contribution < -0.4 is 0 Å². The van der Waals surface area contributed by atoms with Crippen LogP contribution in [0.2, 0.25) is 0 Å². The summed E-state index contributed by atoms with van der Waals surface area (Å²) in [5.74, 6) is 0.298. The third-order valence-corrected chi connectivity index (χ3v) is 2.84. The van der Waals surface area contributed by atoms with Gasteiger partial charge in [0.15, 0.2) is 0 Å². The number of halogens is 1. The van der Waals surface area contributed by atoms with Gasteiger partial charge in [-0.25, -0.2) is 4.39 Å². The van der Waals surface area contributed by atoms with Gasteiger partial charge < -0.3 is 0 Å². The lowest BCUT2D eigenvalue weighted by Gasteiger charge is -2.15. The summed E-state index contributed by atoms with van der Waals surface area (Å²) in [7, 11) is 0. The lowest BCUT2D eigenvalue weighted by molar-refractivity contribution is 0.556. The van der Waals surface area contributed by atoms with Gasteiger partial charge in [0.2, 0.25) is 0 Å². The third-order valence-electron chi connectivity index (χ3n) is 2.84. The van der Waals surface area contributed by atoms with Gasteiger partial charge in [0, 0.05) is 0 Å². The first-order valence-corrected chi connectivity index (χ1v) is 6.31. The first-order valence-electron chi connectivity index (χ1n) is 6.31. The van der Waals surface area contributed by atoms with Crippen LogP contribution >= 0.6 is 0 Å². The van der Waals surface area contributed by atoms with E-state index in [2.05, 4.69) is 20.4 Å². The van der Waals surface area contributed by atoms with E-state index < -0.39 is 0 Å². The molecule has 0 aromatic heterocycles. The van der Waals surface area contributed by atoms with Gasteiger partial charge in [-0.2, -0.15) is 0 Å². The maximum atomic E-state index is 13.2. The third kappa shape index (κ3) is 6.60. The minimum atomic E-state index is -0.135. The molecule has 0 aromatic carbocycles. The summed E-state index contributed by atoms with van der Waals surface area (Å²) in [6, 6.07) is 0. The molecule has 92 valence electrons. The Morgan fingerprint density at radius 2 is 2.06 bits per heavy atom. The van der Waals surface area contributed by atoms with E-state index in [1.54, 1.807) is 12.2 Å². The Bertz CT molecular complexity index is 248. The van der Waals surface area contributed by atoms with Crippen molar-refractivity contribution in [2.24, 2.45) is 5.92 Å².